The van der Waals surface area contributed by atoms with Crippen LogP contribution in [0.3, 0.4) is 0 Å². The summed E-state index contributed by atoms with van der Waals surface area (Å²) in [5.41, 5.74) is 2.17. The second-order valence-corrected chi connectivity index (χ2v) is 8.04. The molecular weight excluding hydrogens is 462 g/mol. The first kappa shape index (κ1) is 21.4. The van der Waals surface area contributed by atoms with E-state index in [2.05, 4.69) is 25.5 Å². The first-order valence-corrected chi connectivity index (χ1v) is 11.0. The summed E-state index contributed by atoms with van der Waals surface area (Å²) in [6.45, 7) is 1.96. The lowest BCUT2D eigenvalue weighted by Gasteiger charge is -2.08. The van der Waals surface area contributed by atoms with Crippen molar-refractivity contribution >= 4 is 28.8 Å². The van der Waals surface area contributed by atoms with Crippen molar-refractivity contribution in [2.24, 2.45) is 0 Å². The maximum Gasteiger partial charge on any atom is 0.263 e. The molecule has 0 bridgehead atoms. The smallest absolute Gasteiger partial charge is 0.263 e. The first-order valence-electron chi connectivity index (χ1n) is 11.0. The minimum absolute atomic E-state index is 0.147. The predicted octanol–water partition coefficient (Wildman–Crippen LogP) is 2.98. The lowest BCUT2D eigenvalue weighted by molar-refractivity contribution is -0.111. The molecule has 2 N–H and O–H groups in total. The van der Waals surface area contributed by atoms with Crippen molar-refractivity contribution in [2.75, 3.05) is 12.1 Å². The van der Waals surface area contributed by atoms with Gasteiger partial charge in [-0.3, -0.25) is 14.6 Å². The Hall–Kier alpha value is -5.19. The van der Waals surface area contributed by atoms with Crippen LogP contribution in [-0.4, -0.2) is 42.2 Å². The van der Waals surface area contributed by atoms with Crippen molar-refractivity contribution in [1.29, 1.82) is 0 Å². The number of para-hydroxylation sites is 1. The lowest BCUT2D eigenvalue weighted by atomic mass is 10.2. The molecule has 11 nitrogen and oxygen atoms in total. The number of aryl methyl sites for hydroxylation is 1. The monoisotopic (exact) mass is 481 g/mol. The molecule has 36 heavy (non-hydrogen) atoms. The van der Waals surface area contributed by atoms with Crippen LogP contribution < -0.4 is 20.3 Å². The number of carbonyl (C=O) groups is 1. The van der Waals surface area contributed by atoms with E-state index in [1.165, 1.54) is 17.0 Å². The average molecular weight is 481 g/mol. The number of hydrogen-bond acceptors (Lipinski definition) is 7. The van der Waals surface area contributed by atoms with Crippen LogP contribution in [0, 0.1) is 6.92 Å². The zero-order valence-electron chi connectivity index (χ0n) is 19.0. The summed E-state index contributed by atoms with van der Waals surface area (Å²) >= 11 is 0. The number of aromatic nitrogens is 6. The van der Waals surface area contributed by atoms with Crippen molar-refractivity contribution in [3.05, 3.63) is 88.5 Å². The zero-order chi connectivity index (χ0) is 24.6. The van der Waals surface area contributed by atoms with Gasteiger partial charge < -0.3 is 14.8 Å². The van der Waals surface area contributed by atoms with Gasteiger partial charge in [0.15, 0.2) is 17.1 Å². The number of fused-ring (bicyclic) bond motifs is 2. The maximum absolute atomic E-state index is 12.8. The Bertz CT molecular complexity index is 1700. The van der Waals surface area contributed by atoms with Crippen molar-refractivity contribution in [3.63, 3.8) is 0 Å². The molecule has 11 heteroatoms. The molecule has 6 rings (SSSR count). The Kier molecular flexibility index (Phi) is 5.07. The second kappa shape index (κ2) is 8.55. The summed E-state index contributed by atoms with van der Waals surface area (Å²) in [5.74, 6) is 1.41. The van der Waals surface area contributed by atoms with E-state index in [1.807, 2.05) is 36.4 Å². The number of aromatic amines is 1. The highest BCUT2D eigenvalue weighted by Crippen LogP contribution is 2.32. The molecule has 0 spiro atoms. The van der Waals surface area contributed by atoms with Crippen LogP contribution in [0.15, 0.2) is 71.7 Å². The van der Waals surface area contributed by atoms with Crippen molar-refractivity contribution in [2.45, 2.75) is 6.92 Å². The standard InChI is InChI=1S/C25H19N7O4/c1-15-11-21(27-22(33)10-8-16-7-9-19-20(12-16)36-14-35-19)32(30-15)25-28-23-18(24(34)29-25)13-26-31(23)17-5-3-2-4-6-17/h2-13H,14H2,1H3,(H,27,33)(H,28,29,34)/b10-8+. The molecule has 0 saturated heterocycles. The van der Waals surface area contributed by atoms with Crippen LogP contribution in [0.5, 0.6) is 11.5 Å². The fraction of sp³-hybridized carbons (Fsp3) is 0.0800. The number of ether oxygens (including phenoxy) is 2. The van der Waals surface area contributed by atoms with Gasteiger partial charge >= 0.3 is 0 Å². The highest BCUT2D eigenvalue weighted by Gasteiger charge is 2.17. The molecule has 0 aliphatic carbocycles. The lowest BCUT2D eigenvalue weighted by Crippen LogP contribution is -2.18. The highest BCUT2D eigenvalue weighted by atomic mass is 16.7. The van der Waals surface area contributed by atoms with E-state index in [4.69, 9.17) is 9.47 Å². The molecule has 0 radical (unpaired) electrons. The topological polar surface area (TPSA) is 129 Å². The molecule has 2 aromatic carbocycles. The Morgan fingerprint density at radius 1 is 1.08 bits per heavy atom. The molecule has 178 valence electrons. The van der Waals surface area contributed by atoms with Gasteiger partial charge in [0.05, 0.1) is 17.6 Å². The van der Waals surface area contributed by atoms with E-state index < -0.39 is 0 Å². The van der Waals surface area contributed by atoms with Gasteiger partial charge in [-0.05, 0) is 42.8 Å². The van der Waals surface area contributed by atoms with Crippen LogP contribution in [0.2, 0.25) is 0 Å². The van der Waals surface area contributed by atoms with Crippen LogP contribution in [0.1, 0.15) is 11.3 Å². The quantitative estimate of drug-likeness (QED) is 0.369. The van der Waals surface area contributed by atoms with Crippen LogP contribution in [-0.2, 0) is 4.79 Å². The fourth-order valence-electron chi connectivity index (χ4n) is 3.87. The largest absolute Gasteiger partial charge is 0.454 e. The third-order valence-corrected chi connectivity index (χ3v) is 5.53. The number of nitrogens with zero attached hydrogens (tertiary/aromatic N) is 5. The molecule has 0 fully saturated rings. The summed E-state index contributed by atoms with van der Waals surface area (Å²) in [6, 6.07) is 16.5. The van der Waals surface area contributed by atoms with Crippen LogP contribution in [0.25, 0.3) is 28.7 Å². The number of amides is 1. The fourth-order valence-corrected chi connectivity index (χ4v) is 3.87. The van der Waals surface area contributed by atoms with Gasteiger partial charge in [-0.25, -0.2) is 4.68 Å². The summed E-state index contributed by atoms with van der Waals surface area (Å²) < 4.78 is 13.6. The van der Waals surface area contributed by atoms with Gasteiger partial charge in [-0.2, -0.15) is 19.9 Å². The molecule has 1 amide bonds. The Morgan fingerprint density at radius 3 is 2.78 bits per heavy atom. The molecule has 4 heterocycles. The SMILES string of the molecule is Cc1cc(NC(=O)/C=C/c2ccc3c(c2)OCO3)n(-c2nc3c(cnn3-c3ccccc3)c(=O)[nH]2)n1. The summed E-state index contributed by atoms with van der Waals surface area (Å²) in [5, 5.41) is 11.9. The van der Waals surface area contributed by atoms with E-state index in [9.17, 15) is 9.59 Å². The Balaban J connectivity index is 1.31. The number of H-pyrrole nitrogens is 1. The van der Waals surface area contributed by atoms with Gasteiger partial charge in [0.25, 0.3) is 5.56 Å². The average Bonchev–Trinajstić information content (AvgIpc) is 3.61. The minimum atomic E-state index is -0.383. The van der Waals surface area contributed by atoms with Crippen molar-refractivity contribution in [3.8, 4) is 23.1 Å². The Labute approximate surface area is 203 Å². The van der Waals surface area contributed by atoms with E-state index in [-0.39, 0.29) is 24.2 Å². The molecule has 5 aromatic rings. The minimum Gasteiger partial charge on any atom is -0.454 e. The third kappa shape index (κ3) is 3.88. The molecule has 1 aliphatic rings. The zero-order valence-corrected chi connectivity index (χ0v) is 19.0. The van der Waals surface area contributed by atoms with E-state index in [0.717, 1.165) is 11.3 Å². The molecule has 0 unspecified atom stereocenters. The number of carbonyl (C=O) groups excluding carboxylic acids is 1. The van der Waals surface area contributed by atoms with Gasteiger partial charge in [0.2, 0.25) is 18.6 Å². The number of benzene rings is 2. The first-order chi connectivity index (χ1) is 17.5. The number of rotatable bonds is 5. The molecular formula is C25H19N7O4. The second-order valence-electron chi connectivity index (χ2n) is 8.04. The molecule has 3 aromatic heterocycles. The van der Waals surface area contributed by atoms with Crippen molar-refractivity contribution in [1.82, 2.24) is 29.5 Å². The summed E-state index contributed by atoms with van der Waals surface area (Å²) in [7, 11) is 0. The van der Waals surface area contributed by atoms with Crippen molar-refractivity contribution < 1.29 is 14.3 Å². The third-order valence-electron chi connectivity index (χ3n) is 5.53. The Morgan fingerprint density at radius 2 is 1.92 bits per heavy atom. The van der Waals surface area contributed by atoms with E-state index in [1.54, 1.807) is 35.9 Å². The van der Waals surface area contributed by atoms with E-state index in [0.29, 0.717) is 34.0 Å². The van der Waals surface area contributed by atoms with Gasteiger partial charge in [-0.1, -0.05) is 24.3 Å². The van der Waals surface area contributed by atoms with Gasteiger partial charge in [0.1, 0.15) is 11.2 Å². The van der Waals surface area contributed by atoms with E-state index >= 15 is 0 Å². The number of anilines is 1. The van der Waals surface area contributed by atoms with Crippen LogP contribution >= 0.6 is 0 Å². The highest BCUT2D eigenvalue weighted by molar-refractivity contribution is 6.01. The summed E-state index contributed by atoms with van der Waals surface area (Å²) in [6.07, 6.45) is 4.53. The summed E-state index contributed by atoms with van der Waals surface area (Å²) in [4.78, 5) is 32.8. The number of hydrogen-bond donors (Lipinski definition) is 2. The number of nitrogens with one attached hydrogen (secondary N) is 2. The maximum atomic E-state index is 12.8. The predicted molar refractivity (Wildman–Crippen MR) is 132 cm³/mol. The molecule has 0 saturated carbocycles. The molecule has 0 atom stereocenters. The normalized spacial score (nSPS) is 12.5. The van der Waals surface area contributed by atoms with Gasteiger partial charge in [0, 0.05) is 12.1 Å². The van der Waals surface area contributed by atoms with Gasteiger partial charge in [-0.15, -0.1) is 0 Å². The van der Waals surface area contributed by atoms with Crippen LogP contribution in [0.4, 0.5) is 5.82 Å². The molecule has 1 aliphatic heterocycles.